The molecule has 0 saturated heterocycles. The summed E-state index contributed by atoms with van der Waals surface area (Å²) < 4.78 is 5.09. The number of ether oxygens (including phenoxy) is 1. The van der Waals surface area contributed by atoms with Crippen LogP contribution in [0.1, 0.15) is 16.9 Å². The third-order valence-electron chi connectivity index (χ3n) is 2.62. The van der Waals surface area contributed by atoms with E-state index in [2.05, 4.69) is 20.5 Å². The number of nitrogens with one attached hydrogen (secondary N) is 1. The van der Waals surface area contributed by atoms with E-state index in [1.165, 1.54) is 11.3 Å². The molecule has 0 bridgehead atoms. The number of aryl methyl sites for hydroxylation is 1. The van der Waals surface area contributed by atoms with Gasteiger partial charge in [-0.25, -0.2) is 4.99 Å². The monoisotopic (exact) mass is 325 g/mol. The number of nitrogens with zero attached hydrogens (tertiary/aromatic N) is 3. The molecule has 2 aromatic rings. The molecular weight excluding hydrogens is 310 g/mol. The van der Waals surface area contributed by atoms with Crippen LogP contribution in [0.2, 0.25) is 5.02 Å². The van der Waals surface area contributed by atoms with Crippen LogP contribution in [-0.2, 0) is 13.0 Å². The first kappa shape index (κ1) is 15.5. The second-order valence-corrected chi connectivity index (χ2v) is 5.67. The van der Waals surface area contributed by atoms with Crippen molar-refractivity contribution in [1.29, 1.82) is 0 Å². The molecule has 1 aromatic carbocycles. The third kappa shape index (κ3) is 4.30. The maximum Gasteiger partial charge on any atom is 0.193 e. The van der Waals surface area contributed by atoms with Crippen molar-refractivity contribution in [1.82, 2.24) is 10.2 Å². The van der Waals surface area contributed by atoms with Gasteiger partial charge in [0, 0.05) is 5.69 Å². The van der Waals surface area contributed by atoms with Crippen LogP contribution in [0, 0.1) is 0 Å². The summed E-state index contributed by atoms with van der Waals surface area (Å²) in [4.78, 5) is 4.23. The predicted octanol–water partition coefficient (Wildman–Crippen LogP) is 2.69. The Morgan fingerprint density at radius 2 is 2.19 bits per heavy atom. The number of aliphatic imine (C=N–C) groups is 1. The van der Waals surface area contributed by atoms with Gasteiger partial charge in [-0.05, 0) is 24.6 Å². The zero-order valence-electron chi connectivity index (χ0n) is 11.8. The third-order valence-corrected chi connectivity index (χ3v) is 3.97. The second kappa shape index (κ2) is 7.24. The lowest BCUT2D eigenvalue weighted by molar-refractivity contribution is 0.415. The minimum atomic E-state index is 0.296. The Kier molecular flexibility index (Phi) is 5.35. The highest BCUT2D eigenvalue weighted by Crippen LogP contribution is 2.27. The summed E-state index contributed by atoms with van der Waals surface area (Å²) in [5, 5.41) is 13.4. The first-order valence-electron chi connectivity index (χ1n) is 6.34. The molecule has 0 radical (unpaired) electrons. The van der Waals surface area contributed by atoms with Gasteiger partial charge >= 0.3 is 0 Å². The van der Waals surface area contributed by atoms with Crippen molar-refractivity contribution in [3.8, 4) is 5.75 Å². The molecule has 0 saturated carbocycles. The fourth-order valence-corrected chi connectivity index (χ4v) is 2.55. The first-order chi connectivity index (χ1) is 10.1. The second-order valence-electron chi connectivity index (χ2n) is 4.12. The Morgan fingerprint density at radius 1 is 1.43 bits per heavy atom. The maximum absolute atomic E-state index is 6.04. The lowest BCUT2D eigenvalue weighted by Crippen LogP contribution is -2.22. The topological polar surface area (TPSA) is 85.4 Å². The van der Waals surface area contributed by atoms with E-state index in [-0.39, 0.29) is 0 Å². The van der Waals surface area contributed by atoms with E-state index in [0.717, 1.165) is 22.1 Å². The van der Waals surface area contributed by atoms with Crippen LogP contribution in [-0.4, -0.2) is 23.3 Å². The fraction of sp³-hybridized carbons (Fsp3) is 0.308. The van der Waals surface area contributed by atoms with Crippen LogP contribution in [0.5, 0.6) is 5.75 Å². The summed E-state index contributed by atoms with van der Waals surface area (Å²) in [6.07, 6.45) is 0.874. The summed E-state index contributed by atoms with van der Waals surface area (Å²) in [6, 6.07) is 5.30. The average molecular weight is 326 g/mol. The van der Waals surface area contributed by atoms with Crippen LogP contribution >= 0.6 is 22.9 Å². The lowest BCUT2D eigenvalue weighted by atomic mass is 10.3. The molecule has 3 N–H and O–H groups in total. The number of hydrogen-bond acceptors (Lipinski definition) is 5. The normalized spacial score (nSPS) is 11.5. The van der Waals surface area contributed by atoms with Crippen molar-refractivity contribution in [2.75, 3.05) is 12.4 Å². The van der Waals surface area contributed by atoms with Crippen molar-refractivity contribution < 1.29 is 4.74 Å². The van der Waals surface area contributed by atoms with E-state index in [4.69, 9.17) is 22.1 Å². The van der Waals surface area contributed by atoms with Gasteiger partial charge in [-0.15, -0.1) is 10.2 Å². The summed E-state index contributed by atoms with van der Waals surface area (Å²) >= 11 is 7.58. The average Bonchev–Trinajstić information content (AvgIpc) is 2.93. The van der Waals surface area contributed by atoms with Crippen LogP contribution in [0.3, 0.4) is 0 Å². The van der Waals surface area contributed by atoms with E-state index in [1.54, 1.807) is 19.2 Å². The molecule has 0 atom stereocenters. The van der Waals surface area contributed by atoms with Crippen LogP contribution in [0.4, 0.5) is 5.69 Å². The molecule has 0 aliphatic carbocycles. The van der Waals surface area contributed by atoms with Crippen LogP contribution < -0.4 is 15.8 Å². The molecule has 21 heavy (non-hydrogen) atoms. The quantitative estimate of drug-likeness (QED) is 0.652. The Bertz CT molecular complexity index is 643. The van der Waals surface area contributed by atoms with Gasteiger partial charge in [0.25, 0.3) is 0 Å². The number of benzene rings is 1. The molecule has 2 rings (SSSR count). The number of hydrogen-bond donors (Lipinski definition) is 2. The molecule has 0 aliphatic rings. The van der Waals surface area contributed by atoms with Gasteiger partial charge in [0.05, 0.1) is 18.7 Å². The van der Waals surface area contributed by atoms with Gasteiger partial charge in [0.2, 0.25) is 0 Å². The number of aromatic nitrogens is 2. The van der Waals surface area contributed by atoms with Crippen molar-refractivity contribution in [2.45, 2.75) is 19.9 Å². The first-order valence-corrected chi connectivity index (χ1v) is 7.53. The zero-order chi connectivity index (χ0) is 15.2. The molecule has 0 unspecified atom stereocenters. The number of nitrogens with two attached hydrogens (primary N) is 1. The number of rotatable bonds is 5. The predicted molar refractivity (Wildman–Crippen MR) is 86.2 cm³/mol. The molecule has 1 aromatic heterocycles. The van der Waals surface area contributed by atoms with E-state index >= 15 is 0 Å². The van der Waals surface area contributed by atoms with Gasteiger partial charge < -0.3 is 15.8 Å². The van der Waals surface area contributed by atoms with Crippen molar-refractivity contribution in [3.63, 3.8) is 0 Å². The molecule has 0 spiro atoms. The summed E-state index contributed by atoms with van der Waals surface area (Å²) in [6.45, 7) is 2.44. The standard InChI is InChI=1S/C13H16ClN5OS/c1-3-11-18-19-12(21-11)7-16-13(15)17-8-4-5-10(20-2)9(14)6-8/h4-6H,3,7H2,1-2H3,(H3,15,16,17). The smallest absolute Gasteiger partial charge is 0.193 e. The van der Waals surface area contributed by atoms with Gasteiger partial charge in [-0.3, -0.25) is 0 Å². The summed E-state index contributed by atoms with van der Waals surface area (Å²) in [7, 11) is 1.57. The minimum absolute atomic E-state index is 0.296. The van der Waals surface area contributed by atoms with Crippen molar-refractivity contribution >= 4 is 34.6 Å². The molecule has 0 aliphatic heterocycles. The van der Waals surface area contributed by atoms with E-state index < -0.39 is 0 Å². The van der Waals surface area contributed by atoms with Crippen LogP contribution in [0.25, 0.3) is 0 Å². The van der Waals surface area contributed by atoms with Gasteiger partial charge in [-0.1, -0.05) is 29.9 Å². The summed E-state index contributed by atoms with van der Waals surface area (Å²) in [5.41, 5.74) is 6.58. The summed E-state index contributed by atoms with van der Waals surface area (Å²) in [5.74, 6) is 0.906. The number of methoxy groups -OCH3 is 1. The molecule has 8 heteroatoms. The number of anilines is 1. The largest absolute Gasteiger partial charge is 0.495 e. The SMILES string of the molecule is CCc1nnc(CN=C(N)Nc2ccc(OC)c(Cl)c2)s1. The molecule has 1 heterocycles. The number of halogens is 1. The van der Waals surface area contributed by atoms with Gasteiger partial charge in [0.15, 0.2) is 5.96 Å². The number of guanidine groups is 1. The highest BCUT2D eigenvalue weighted by molar-refractivity contribution is 7.11. The fourth-order valence-electron chi connectivity index (χ4n) is 1.58. The van der Waals surface area contributed by atoms with Gasteiger partial charge in [0.1, 0.15) is 15.8 Å². The molecule has 6 nitrogen and oxygen atoms in total. The van der Waals surface area contributed by atoms with Crippen molar-refractivity contribution in [2.24, 2.45) is 10.7 Å². The Labute approximate surface area is 132 Å². The maximum atomic E-state index is 6.04. The highest BCUT2D eigenvalue weighted by Gasteiger charge is 2.04. The molecule has 112 valence electrons. The van der Waals surface area contributed by atoms with Gasteiger partial charge in [-0.2, -0.15) is 0 Å². The Morgan fingerprint density at radius 3 is 2.81 bits per heavy atom. The van der Waals surface area contributed by atoms with E-state index in [1.807, 2.05) is 13.0 Å². The Hall–Kier alpha value is -1.86. The zero-order valence-corrected chi connectivity index (χ0v) is 13.3. The highest BCUT2D eigenvalue weighted by atomic mass is 35.5. The minimum Gasteiger partial charge on any atom is -0.495 e. The van der Waals surface area contributed by atoms with Crippen LogP contribution in [0.15, 0.2) is 23.2 Å². The lowest BCUT2D eigenvalue weighted by Gasteiger charge is -2.08. The van der Waals surface area contributed by atoms with Crippen molar-refractivity contribution in [3.05, 3.63) is 33.2 Å². The van der Waals surface area contributed by atoms with E-state index in [9.17, 15) is 0 Å². The Balaban J connectivity index is 1.98. The molecular formula is C13H16ClN5OS. The molecule has 0 amide bonds. The molecule has 0 fully saturated rings. The van der Waals surface area contributed by atoms with E-state index in [0.29, 0.717) is 23.3 Å².